The van der Waals surface area contributed by atoms with Gasteiger partial charge < -0.3 is 5.73 Å². The lowest BCUT2D eigenvalue weighted by molar-refractivity contribution is 0.226. The van der Waals surface area contributed by atoms with Gasteiger partial charge in [-0.2, -0.15) is 0 Å². The van der Waals surface area contributed by atoms with Crippen LogP contribution in [0.3, 0.4) is 0 Å². The summed E-state index contributed by atoms with van der Waals surface area (Å²) in [5, 5.41) is 0. The van der Waals surface area contributed by atoms with Crippen molar-refractivity contribution in [3.8, 4) is 0 Å². The third-order valence-corrected chi connectivity index (χ3v) is 3.95. The maximum atomic E-state index is 13.5. The van der Waals surface area contributed by atoms with Crippen LogP contribution in [-0.4, -0.2) is 23.0 Å². The second-order valence-electron chi connectivity index (χ2n) is 5.17. The highest BCUT2D eigenvalue weighted by Crippen LogP contribution is 2.35. The maximum absolute atomic E-state index is 13.5. The van der Waals surface area contributed by atoms with Crippen LogP contribution in [0.2, 0.25) is 0 Å². The number of hydrogen-bond acceptors (Lipinski definition) is 2. The lowest BCUT2D eigenvalue weighted by Crippen LogP contribution is -2.30. The molecule has 1 aliphatic carbocycles. The minimum Gasteiger partial charge on any atom is -0.389 e. The van der Waals surface area contributed by atoms with Gasteiger partial charge in [0.25, 0.3) is 0 Å². The van der Waals surface area contributed by atoms with Gasteiger partial charge in [-0.15, -0.1) is 0 Å². The van der Waals surface area contributed by atoms with E-state index in [0.717, 1.165) is 18.0 Å². The number of thiocarbonyl (C=S) groups is 1. The Kier molecular flexibility index (Phi) is 3.97. The number of nitrogens with two attached hydrogens (primary N) is 1. The molecule has 0 spiro atoms. The zero-order chi connectivity index (χ0) is 13.3. The molecule has 1 aromatic rings. The standard InChI is InChI=1S/C14H19FN2S/c1-9(11-4-5-11)17(2)8-10-3-6-13(15)12(7-10)14(16)18/h3,6-7,9,11H,4-5,8H2,1-2H3,(H2,16,18). The van der Waals surface area contributed by atoms with Gasteiger partial charge in [-0.25, -0.2) is 4.39 Å². The highest BCUT2D eigenvalue weighted by molar-refractivity contribution is 7.80. The van der Waals surface area contributed by atoms with Crippen molar-refractivity contribution in [2.75, 3.05) is 7.05 Å². The third-order valence-electron chi connectivity index (χ3n) is 3.73. The van der Waals surface area contributed by atoms with E-state index in [1.807, 2.05) is 0 Å². The molecule has 1 saturated carbocycles. The summed E-state index contributed by atoms with van der Waals surface area (Å²) >= 11 is 4.85. The van der Waals surface area contributed by atoms with E-state index in [0.29, 0.717) is 11.6 Å². The minimum absolute atomic E-state index is 0.118. The van der Waals surface area contributed by atoms with Gasteiger partial charge in [0.05, 0.1) is 0 Å². The number of benzene rings is 1. The van der Waals surface area contributed by atoms with E-state index in [-0.39, 0.29) is 10.8 Å². The van der Waals surface area contributed by atoms with Crippen molar-refractivity contribution < 1.29 is 4.39 Å². The van der Waals surface area contributed by atoms with Crippen LogP contribution in [0.4, 0.5) is 4.39 Å². The number of nitrogens with zero attached hydrogens (tertiary/aromatic N) is 1. The van der Waals surface area contributed by atoms with Crippen LogP contribution < -0.4 is 5.73 Å². The van der Waals surface area contributed by atoms with Crippen molar-refractivity contribution in [1.82, 2.24) is 4.90 Å². The predicted octanol–water partition coefficient (Wildman–Crippen LogP) is 2.69. The largest absolute Gasteiger partial charge is 0.389 e. The summed E-state index contributed by atoms with van der Waals surface area (Å²) in [4.78, 5) is 2.42. The fraction of sp³-hybridized carbons (Fsp3) is 0.500. The molecule has 1 unspecified atom stereocenters. The summed E-state index contributed by atoms with van der Waals surface area (Å²) in [6.45, 7) is 3.04. The van der Waals surface area contributed by atoms with E-state index in [1.54, 1.807) is 12.1 Å². The van der Waals surface area contributed by atoms with Crippen LogP contribution in [0.5, 0.6) is 0 Å². The fourth-order valence-corrected chi connectivity index (χ4v) is 2.39. The maximum Gasteiger partial charge on any atom is 0.133 e. The van der Waals surface area contributed by atoms with Crippen molar-refractivity contribution in [2.45, 2.75) is 32.4 Å². The Bertz CT molecular complexity index is 457. The van der Waals surface area contributed by atoms with E-state index in [2.05, 4.69) is 18.9 Å². The molecule has 0 amide bonds. The molecule has 1 atom stereocenters. The van der Waals surface area contributed by atoms with Gasteiger partial charge in [0.15, 0.2) is 0 Å². The van der Waals surface area contributed by atoms with E-state index in [4.69, 9.17) is 18.0 Å². The summed E-state index contributed by atoms with van der Waals surface area (Å²) in [5.41, 5.74) is 6.90. The van der Waals surface area contributed by atoms with E-state index in [1.165, 1.54) is 18.9 Å². The van der Waals surface area contributed by atoms with Crippen molar-refractivity contribution >= 4 is 17.2 Å². The molecule has 0 saturated heterocycles. The molecule has 18 heavy (non-hydrogen) atoms. The van der Waals surface area contributed by atoms with E-state index in [9.17, 15) is 4.39 Å². The molecular weight excluding hydrogens is 247 g/mol. The van der Waals surface area contributed by atoms with Crippen molar-refractivity contribution in [2.24, 2.45) is 11.7 Å². The predicted molar refractivity (Wildman–Crippen MR) is 75.9 cm³/mol. The molecule has 0 heterocycles. The van der Waals surface area contributed by atoms with Crippen LogP contribution in [-0.2, 0) is 6.54 Å². The van der Waals surface area contributed by atoms with Gasteiger partial charge in [0, 0.05) is 18.2 Å². The molecule has 2 N–H and O–H groups in total. The molecule has 1 fully saturated rings. The molecular formula is C14H19FN2S. The summed E-state index contributed by atoms with van der Waals surface area (Å²) < 4.78 is 13.5. The van der Waals surface area contributed by atoms with Gasteiger partial charge in [-0.1, -0.05) is 18.3 Å². The van der Waals surface area contributed by atoms with Crippen LogP contribution >= 0.6 is 12.2 Å². The Morgan fingerprint density at radius 3 is 2.78 bits per heavy atom. The molecule has 1 aliphatic rings. The first-order chi connectivity index (χ1) is 8.49. The monoisotopic (exact) mass is 266 g/mol. The lowest BCUT2D eigenvalue weighted by atomic mass is 10.1. The van der Waals surface area contributed by atoms with Crippen LogP contribution in [0.1, 0.15) is 30.9 Å². The Hall–Kier alpha value is -1.00. The summed E-state index contributed by atoms with van der Waals surface area (Å²) in [7, 11) is 2.10. The van der Waals surface area contributed by atoms with Crippen LogP contribution in [0, 0.1) is 11.7 Å². The fourth-order valence-electron chi connectivity index (χ4n) is 2.23. The zero-order valence-electron chi connectivity index (χ0n) is 10.8. The molecule has 2 nitrogen and oxygen atoms in total. The first-order valence-electron chi connectivity index (χ1n) is 6.27. The van der Waals surface area contributed by atoms with Crippen LogP contribution in [0.15, 0.2) is 18.2 Å². The van der Waals surface area contributed by atoms with Gasteiger partial charge in [0.2, 0.25) is 0 Å². The average Bonchev–Trinajstić information content (AvgIpc) is 3.14. The molecule has 2 rings (SSSR count). The van der Waals surface area contributed by atoms with E-state index < -0.39 is 0 Å². The quantitative estimate of drug-likeness (QED) is 0.831. The molecule has 98 valence electrons. The molecule has 4 heteroatoms. The number of hydrogen-bond donors (Lipinski definition) is 1. The molecule has 0 bridgehead atoms. The first-order valence-corrected chi connectivity index (χ1v) is 6.68. The Labute approximate surface area is 113 Å². The summed E-state index contributed by atoms with van der Waals surface area (Å²) in [6.07, 6.45) is 2.65. The van der Waals surface area contributed by atoms with Gasteiger partial charge in [-0.3, -0.25) is 4.90 Å². The van der Waals surface area contributed by atoms with E-state index >= 15 is 0 Å². The second kappa shape index (κ2) is 5.33. The second-order valence-corrected chi connectivity index (χ2v) is 5.61. The topological polar surface area (TPSA) is 29.3 Å². The zero-order valence-corrected chi connectivity index (χ0v) is 11.6. The molecule has 0 radical (unpaired) electrons. The summed E-state index contributed by atoms with van der Waals surface area (Å²) in [6, 6.07) is 5.57. The van der Waals surface area contributed by atoms with Gasteiger partial charge in [0.1, 0.15) is 10.8 Å². The normalized spacial score (nSPS) is 16.9. The van der Waals surface area contributed by atoms with Gasteiger partial charge in [-0.05, 0) is 50.4 Å². The molecule has 0 aromatic heterocycles. The number of rotatable bonds is 5. The highest BCUT2D eigenvalue weighted by atomic mass is 32.1. The first kappa shape index (κ1) is 13.4. The van der Waals surface area contributed by atoms with Crippen molar-refractivity contribution in [1.29, 1.82) is 0 Å². The Balaban J connectivity index is 2.08. The van der Waals surface area contributed by atoms with Gasteiger partial charge >= 0.3 is 0 Å². The average molecular weight is 266 g/mol. The molecule has 0 aliphatic heterocycles. The summed E-state index contributed by atoms with van der Waals surface area (Å²) in [5.74, 6) is 0.481. The SMILES string of the molecule is CC(C1CC1)N(C)Cc1ccc(F)c(C(N)=S)c1. The molecule has 1 aromatic carbocycles. The van der Waals surface area contributed by atoms with Crippen molar-refractivity contribution in [3.63, 3.8) is 0 Å². The van der Waals surface area contributed by atoms with Crippen LogP contribution in [0.25, 0.3) is 0 Å². The highest BCUT2D eigenvalue weighted by Gasteiger charge is 2.30. The number of halogens is 1. The Morgan fingerprint density at radius 2 is 2.22 bits per heavy atom. The lowest BCUT2D eigenvalue weighted by Gasteiger charge is -2.24. The minimum atomic E-state index is -0.343. The third kappa shape index (κ3) is 3.06. The van der Waals surface area contributed by atoms with Crippen molar-refractivity contribution in [3.05, 3.63) is 35.1 Å². The smallest absolute Gasteiger partial charge is 0.133 e. The Morgan fingerprint density at radius 1 is 1.56 bits per heavy atom.